The molecule has 1 aromatic rings. The van der Waals surface area contributed by atoms with Crippen LogP contribution in [-0.4, -0.2) is 42.8 Å². The predicted octanol–water partition coefficient (Wildman–Crippen LogP) is -0.586. The average molecular weight is 197 g/mol. The van der Waals surface area contributed by atoms with Gasteiger partial charge in [-0.05, 0) is 7.05 Å². The highest BCUT2D eigenvalue weighted by atomic mass is 16.5. The maximum Gasteiger partial charge on any atom is 0.280 e. The van der Waals surface area contributed by atoms with E-state index in [1.54, 1.807) is 0 Å². The molecule has 1 saturated heterocycles. The van der Waals surface area contributed by atoms with Gasteiger partial charge in [0.05, 0.1) is 0 Å². The Balaban J connectivity index is 1.93. The van der Waals surface area contributed by atoms with Crippen molar-refractivity contribution in [3.05, 3.63) is 22.2 Å². The van der Waals surface area contributed by atoms with Gasteiger partial charge in [-0.15, -0.1) is 0 Å². The van der Waals surface area contributed by atoms with Gasteiger partial charge in [0.2, 0.25) is 0 Å². The Hall–Kier alpha value is -1.07. The molecule has 0 radical (unpaired) electrons. The monoisotopic (exact) mass is 197 g/mol. The molecule has 78 valence electrons. The lowest BCUT2D eigenvalue weighted by atomic mass is 10.1. The third kappa shape index (κ3) is 2.24. The first kappa shape index (κ1) is 9.48. The van der Waals surface area contributed by atoms with Crippen LogP contribution in [0.3, 0.4) is 0 Å². The molecule has 5 nitrogen and oxygen atoms in total. The van der Waals surface area contributed by atoms with Gasteiger partial charge in [-0.1, -0.05) is 0 Å². The summed E-state index contributed by atoms with van der Waals surface area (Å²) < 4.78 is 5.01. The highest BCUT2D eigenvalue weighted by molar-refractivity contribution is 4.98. The van der Waals surface area contributed by atoms with E-state index in [9.17, 15) is 4.79 Å². The standard InChI is InChI=1S/C9H15N3O2/c1-12-3-2-10-7(6-12)4-8-5-9(13)11-14-8/h5,7,10H,2-4,6H2,1H3,(H,11,13). The fraction of sp³-hybridized carbons (Fsp3) is 0.667. The second-order valence-corrected chi connectivity index (χ2v) is 3.80. The van der Waals surface area contributed by atoms with Gasteiger partial charge in [-0.2, -0.15) is 5.16 Å². The van der Waals surface area contributed by atoms with Crippen molar-refractivity contribution in [3.8, 4) is 0 Å². The zero-order valence-electron chi connectivity index (χ0n) is 8.25. The minimum absolute atomic E-state index is 0.163. The minimum atomic E-state index is -0.163. The molecule has 5 heteroatoms. The summed E-state index contributed by atoms with van der Waals surface area (Å²) in [6.07, 6.45) is 0.767. The number of nitrogens with one attached hydrogen (secondary N) is 2. The van der Waals surface area contributed by atoms with Crippen molar-refractivity contribution in [3.63, 3.8) is 0 Å². The van der Waals surface area contributed by atoms with Crippen LogP contribution in [0.1, 0.15) is 5.76 Å². The molecule has 2 N–H and O–H groups in total. The van der Waals surface area contributed by atoms with Crippen LogP contribution in [0.4, 0.5) is 0 Å². The fourth-order valence-corrected chi connectivity index (χ4v) is 1.79. The maximum absolute atomic E-state index is 10.8. The second kappa shape index (κ2) is 3.98. The van der Waals surface area contributed by atoms with Crippen LogP contribution < -0.4 is 10.9 Å². The number of likely N-dealkylation sites (N-methyl/N-ethyl adjacent to an activating group) is 1. The normalized spacial score (nSPS) is 23.9. The Kier molecular flexibility index (Phi) is 2.69. The molecule has 1 unspecified atom stereocenters. The molecule has 1 aromatic heterocycles. The minimum Gasteiger partial charge on any atom is -0.383 e. The summed E-state index contributed by atoms with van der Waals surface area (Å²) in [5.74, 6) is 0.725. The van der Waals surface area contributed by atoms with E-state index in [4.69, 9.17) is 4.52 Å². The number of hydrogen-bond donors (Lipinski definition) is 2. The summed E-state index contributed by atoms with van der Waals surface area (Å²) in [5.41, 5.74) is -0.163. The molecule has 1 aliphatic rings. The number of nitrogens with zero attached hydrogens (tertiary/aromatic N) is 1. The molecule has 0 aliphatic carbocycles. The maximum atomic E-state index is 10.8. The number of piperazine rings is 1. The van der Waals surface area contributed by atoms with Crippen molar-refractivity contribution in [2.75, 3.05) is 26.7 Å². The summed E-state index contributed by atoms with van der Waals surface area (Å²) in [5, 5.41) is 5.69. The van der Waals surface area contributed by atoms with Gasteiger partial charge in [0, 0.05) is 38.2 Å². The molecule has 0 bridgehead atoms. The Labute approximate surface area is 82.1 Å². The summed E-state index contributed by atoms with van der Waals surface area (Å²) in [4.78, 5) is 13.1. The summed E-state index contributed by atoms with van der Waals surface area (Å²) >= 11 is 0. The Morgan fingerprint density at radius 2 is 2.57 bits per heavy atom. The number of aromatic nitrogens is 1. The Bertz CT molecular complexity index is 344. The van der Waals surface area contributed by atoms with E-state index in [2.05, 4.69) is 22.4 Å². The van der Waals surface area contributed by atoms with E-state index >= 15 is 0 Å². The summed E-state index contributed by atoms with van der Waals surface area (Å²) in [6.45, 7) is 3.07. The molecular formula is C9H15N3O2. The molecule has 1 aliphatic heterocycles. The fourth-order valence-electron chi connectivity index (χ4n) is 1.79. The molecule has 0 amide bonds. The largest absolute Gasteiger partial charge is 0.383 e. The highest BCUT2D eigenvalue weighted by Gasteiger charge is 2.18. The zero-order valence-corrected chi connectivity index (χ0v) is 8.25. The van der Waals surface area contributed by atoms with Crippen molar-refractivity contribution in [2.24, 2.45) is 0 Å². The summed E-state index contributed by atoms with van der Waals surface area (Å²) in [6, 6.07) is 1.89. The molecule has 14 heavy (non-hydrogen) atoms. The molecule has 2 rings (SSSR count). The van der Waals surface area contributed by atoms with Crippen molar-refractivity contribution in [2.45, 2.75) is 12.5 Å². The van der Waals surface area contributed by atoms with Crippen molar-refractivity contribution < 1.29 is 4.52 Å². The quantitative estimate of drug-likeness (QED) is 0.665. The molecule has 0 aromatic carbocycles. The highest BCUT2D eigenvalue weighted by Crippen LogP contribution is 2.03. The number of hydrogen-bond acceptors (Lipinski definition) is 4. The summed E-state index contributed by atoms with van der Waals surface area (Å²) in [7, 11) is 2.10. The van der Waals surface area contributed by atoms with Gasteiger partial charge in [0.15, 0.2) is 0 Å². The van der Waals surface area contributed by atoms with E-state index in [1.807, 2.05) is 0 Å². The van der Waals surface area contributed by atoms with Crippen LogP contribution in [0.25, 0.3) is 0 Å². The van der Waals surface area contributed by atoms with Crippen LogP contribution >= 0.6 is 0 Å². The van der Waals surface area contributed by atoms with Gasteiger partial charge in [0.1, 0.15) is 5.76 Å². The van der Waals surface area contributed by atoms with Crippen LogP contribution in [0.2, 0.25) is 0 Å². The molecule has 0 saturated carbocycles. The predicted molar refractivity (Wildman–Crippen MR) is 52.3 cm³/mol. The van der Waals surface area contributed by atoms with E-state index in [0.717, 1.165) is 31.8 Å². The van der Waals surface area contributed by atoms with Gasteiger partial charge in [-0.3, -0.25) is 4.79 Å². The molecule has 1 atom stereocenters. The zero-order chi connectivity index (χ0) is 9.97. The Morgan fingerprint density at radius 3 is 3.21 bits per heavy atom. The third-order valence-electron chi connectivity index (χ3n) is 2.48. The van der Waals surface area contributed by atoms with E-state index < -0.39 is 0 Å². The van der Waals surface area contributed by atoms with Crippen LogP contribution in [0.5, 0.6) is 0 Å². The Morgan fingerprint density at radius 1 is 1.71 bits per heavy atom. The molecular weight excluding hydrogens is 182 g/mol. The lowest BCUT2D eigenvalue weighted by Gasteiger charge is -2.30. The van der Waals surface area contributed by atoms with E-state index in [1.165, 1.54) is 6.07 Å². The number of aromatic amines is 1. The number of rotatable bonds is 2. The topological polar surface area (TPSA) is 61.3 Å². The molecule has 2 heterocycles. The van der Waals surface area contributed by atoms with Crippen LogP contribution in [-0.2, 0) is 6.42 Å². The van der Waals surface area contributed by atoms with Crippen molar-refractivity contribution >= 4 is 0 Å². The van der Waals surface area contributed by atoms with Crippen molar-refractivity contribution in [1.82, 2.24) is 15.4 Å². The lowest BCUT2D eigenvalue weighted by molar-refractivity contribution is 0.229. The van der Waals surface area contributed by atoms with Crippen molar-refractivity contribution in [1.29, 1.82) is 0 Å². The van der Waals surface area contributed by atoms with Gasteiger partial charge in [-0.25, -0.2) is 0 Å². The lowest BCUT2D eigenvalue weighted by Crippen LogP contribution is -2.49. The van der Waals surface area contributed by atoms with Gasteiger partial charge < -0.3 is 14.7 Å². The van der Waals surface area contributed by atoms with Crippen LogP contribution in [0, 0.1) is 0 Å². The van der Waals surface area contributed by atoms with E-state index in [0.29, 0.717) is 6.04 Å². The van der Waals surface area contributed by atoms with Crippen LogP contribution in [0.15, 0.2) is 15.4 Å². The second-order valence-electron chi connectivity index (χ2n) is 3.80. The molecule has 1 fully saturated rings. The molecule has 0 spiro atoms. The average Bonchev–Trinajstić information content (AvgIpc) is 2.51. The first-order chi connectivity index (χ1) is 6.74. The third-order valence-corrected chi connectivity index (χ3v) is 2.48. The van der Waals surface area contributed by atoms with Gasteiger partial charge in [0.25, 0.3) is 5.56 Å². The first-order valence-electron chi connectivity index (χ1n) is 4.83. The smallest absolute Gasteiger partial charge is 0.280 e. The van der Waals surface area contributed by atoms with Gasteiger partial charge >= 0.3 is 0 Å². The van der Waals surface area contributed by atoms with E-state index in [-0.39, 0.29) is 5.56 Å². The SMILES string of the molecule is CN1CCNC(Cc2cc(=O)[nH]o2)C1. The number of H-pyrrole nitrogens is 1. The first-order valence-corrected chi connectivity index (χ1v) is 4.83.